The lowest BCUT2D eigenvalue weighted by molar-refractivity contribution is -0.124. The van der Waals surface area contributed by atoms with E-state index in [1.807, 2.05) is 0 Å². The van der Waals surface area contributed by atoms with Gasteiger partial charge < -0.3 is 10.6 Å². The first-order chi connectivity index (χ1) is 7.36. The van der Waals surface area contributed by atoms with E-state index in [9.17, 15) is 4.79 Å². The summed E-state index contributed by atoms with van der Waals surface area (Å²) in [7, 11) is 0. The average molecular weight is 210 g/mol. The van der Waals surface area contributed by atoms with Crippen molar-refractivity contribution in [2.75, 3.05) is 6.54 Å². The molecule has 2 rings (SSSR count). The highest BCUT2D eigenvalue weighted by Gasteiger charge is 2.24. The van der Waals surface area contributed by atoms with Crippen LogP contribution >= 0.6 is 0 Å². The molecule has 1 amide bonds. The summed E-state index contributed by atoms with van der Waals surface area (Å²) in [5.74, 6) is 0.213. The second-order valence-electron chi connectivity index (χ2n) is 4.84. The number of rotatable bonds is 2. The minimum atomic E-state index is 0.0850. The lowest BCUT2D eigenvalue weighted by Gasteiger charge is -2.27. The summed E-state index contributed by atoms with van der Waals surface area (Å²) in [5, 5.41) is 6.47. The van der Waals surface area contributed by atoms with Gasteiger partial charge in [0, 0.05) is 12.6 Å². The van der Waals surface area contributed by atoms with Crippen molar-refractivity contribution in [1.29, 1.82) is 0 Å². The Kier molecular flexibility index (Phi) is 4.01. The predicted molar refractivity (Wildman–Crippen MR) is 60.7 cm³/mol. The van der Waals surface area contributed by atoms with E-state index in [1.165, 1.54) is 38.5 Å². The van der Waals surface area contributed by atoms with Crippen LogP contribution in [0.15, 0.2) is 0 Å². The molecule has 3 heteroatoms. The molecule has 0 radical (unpaired) electrons. The highest BCUT2D eigenvalue weighted by molar-refractivity contribution is 5.82. The Morgan fingerprint density at radius 3 is 2.40 bits per heavy atom. The van der Waals surface area contributed by atoms with Gasteiger partial charge in [-0.25, -0.2) is 0 Å². The van der Waals surface area contributed by atoms with Gasteiger partial charge in [0.25, 0.3) is 0 Å². The van der Waals surface area contributed by atoms with Crippen molar-refractivity contribution in [1.82, 2.24) is 10.6 Å². The number of nitrogens with one attached hydrogen (secondary N) is 2. The second kappa shape index (κ2) is 5.50. The molecule has 1 aliphatic heterocycles. The number of amides is 1. The van der Waals surface area contributed by atoms with Crippen molar-refractivity contribution in [2.45, 2.75) is 63.5 Å². The fourth-order valence-electron chi connectivity index (χ4n) is 2.66. The largest absolute Gasteiger partial charge is 0.355 e. The molecule has 15 heavy (non-hydrogen) atoms. The standard InChI is InChI=1S/C12H22N2O/c15-12-11(8-5-9-13-12)14-10-6-3-1-2-4-7-10/h10-11,14H,1-9H2,(H,13,15). The quantitative estimate of drug-likeness (QED) is 0.679. The van der Waals surface area contributed by atoms with Crippen molar-refractivity contribution < 1.29 is 4.79 Å². The molecule has 1 atom stereocenters. The maximum absolute atomic E-state index is 11.6. The van der Waals surface area contributed by atoms with Crippen LogP contribution in [-0.2, 0) is 4.79 Å². The molecule has 1 saturated carbocycles. The van der Waals surface area contributed by atoms with Crippen molar-refractivity contribution in [3.8, 4) is 0 Å². The van der Waals surface area contributed by atoms with Crippen LogP contribution in [0.5, 0.6) is 0 Å². The molecule has 0 spiro atoms. The van der Waals surface area contributed by atoms with Crippen LogP contribution in [0, 0.1) is 0 Å². The fraction of sp³-hybridized carbons (Fsp3) is 0.917. The minimum absolute atomic E-state index is 0.0850. The Morgan fingerprint density at radius 1 is 1.00 bits per heavy atom. The monoisotopic (exact) mass is 210 g/mol. The van der Waals surface area contributed by atoms with Crippen molar-refractivity contribution in [2.24, 2.45) is 0 Å². The maximum Gasteiger partial charge on any atom is 0.237 e. The summed E-state index contributed by atoms with van der Waals surface area (Å²) in [6.07, 6.45) is 10.0. The number of carbonyl (C=O) groups is 1. The third-order valence-corrected chi connectivity index (χ3v) is 3.58. The van der Waals surface area contributed by atoms with Crippen LogP contribution in [0.4, 0.5) is 0 Å². The zero-order chi connectivity index (χ0) is 10.5. The van der Waals surface area contributed by atoms with Crippen LogP contribution < -0.4 is 10.6 Å². The lowest BCUT2D eigenvalue weighted by atomic mass is 10.0. The molecule has 0 bridgehead atoms. The van der Waals surface area contributed by atoms with Crippen molar-refractivity contribution >= 4 is 5.91 Å². The molecule has 86 valence electrons. The fourth-order valence-corrected chi connectivity index (χ4v) is 2.66. The Balaban J connectivity index is 1.80. The first-order valence-electron chi connectivity index (χ1n) is 6.40. The molecule has 1 saturated heterocycles. The number of hydrogen-bond donors (Lipinski definition) is 2. The molecule has 1 unspecified atom stereocenters. The van der Waals surface area contributed by atoms with Crippen LogP contribution in [-0.4, -0.2) is 24.5 Å². The molecule has 0 aromatic rings. The lowest BCUT2D eigenvalue weighted by Crippen LogP contribution is -2.51. The van der Waals surface area contributed by atoms with Crippen LogP contribution in [0.3, 0.4) is 0 Å². The van der Waals surface area contributed by atoms with Gasteiger partial charge in [-0.1, -0.05) is 25.7 Å². The Labute approximate surface area is 92.0 Å². The van der Waals surface area contributed by atoms with Crippen LogP contribution in [0.1, 0.15) is 51.4 Å². The Morgan fingerprint density at radius 2 is 1.73 bits per heavy atom. The molecule has 1 heterocycles. The normalized spacial score (nSPS) is 29.6. The molecule has 3 nitrogen and oxygen atoms in total. The number of carbonyl (C=O) groups excluding carboxylic acids is 1. The second-order valence-corrected chi connectivity index (χ2v) is 4.84. The summed E-state index contributed by atoms with van der Waals surface area (Å²) >= 11 is 0. The van der Waals surface area contributed by atoms with Crippen molar-refractivity contribution in [3.05, 3.63) is 0 Å². The Bertz CT molecular complexity index is 210. The number of hydrogen-bond acceptors (Lipinski definition) is 2. The van der Waals surface area contributed by atoms with E-state index >= 15 is 0 Å². The van der Waals surface area contributed by atoms with E-state index in [1.54, 1.807) is 0 Å². The Hall–Kier alpha value is -0.570. The van der Waals surface area contributed by atoms with Gasteiger partial charge in [0.1, 0.15) is 0 Å². The van der Waals surface area contributed by atoms with Gasteiger partial charge in [-0.3, -0.25) is 4.79 Å². The topological polar surface area (TPSA) is 41.1 Å². The van der Waals surface area contributed by atoms with Gasteiger partial charge in [-0.05, 0) is 25.7 Å². The molecule has 0 aromatic heterocycles. The third kappa shape index (κ3) is 3.20. The van der Waals surface area contributed by atoms with E-state index in [-0.39, 0.29) is 11.9 Å². The van der Waals surface area contributed by atoms with Crippen LogP contribution in [0.25, 0.3) is 0 Å². The van der Waals surface area contributed by atoms with E-state index in [0.717, 1.165) is 19.4 Å². The van der Waals surface area contributed by atoms with E-state index in [0.29, 0.717) is 6.04 Å². The van der Waals surface area contributed by atoms with E-state index in [4.69, 9.17) is 0 Å². The van der Waals surface area contributed by atoms with Gasteiger partial charge in [0.15, 0.2) is 0 Å². The maximum atomic E-state index is 11.6. The predicted octanol–water partition coefficient (Wildman–Crippen LogP) is 1.58. The van der Waals surface area contributed by atoms with Crippen molar-refractivity contribution in [3.63, 3.8) is 0 Å². The smallest absolute Gasteiger partial charge is 0.237 e. The summed E-state index contributed by atoms with van der Waals surface area (Å²) in [4.78, 5) is 11.6. The zero-order valence-electron chi connectivity index (χ0n) is 9.43. The molecule has 1 aliphatic carbocycles. The summed E-state index contributed by atoms with van der Waals surface area (Å²) in [6.45, 7) is 0.863. The first-order valence-corrected chi connectivity index (χ1v) is 6.40. The highest BCUT2D eigenvalue weighted by Crippen LogP contribution is 2.18. The third-order valence-electron chi connectivity index (χ3n) is 3.58. The summed E-state index contributed by atoms with van der Waals surface area (Å²) < 4.78 is 0. The number of piperidine rings is 1. The van der Waals surface area contributed by atoms with Gasteiger partial charge in [-0.2, -0.15) is 0 Å². The molecule has 2 aliphatic rings. The molecule has 2 fully saturated rings. The van der Waals surface area contributed by atoms with Crippen LogP contribution in [0.2, 0.25) is 0 Å². The summed E-state index contributed by atoms with van der Waals surface area (Å²) in [5.41, 5.74) is 0. The summed E-state index contributed by atoms with van der Waals surface area (Å²) in [6, 6.07) is 0.670. The minimum Gasteiger partial charge on any atom is -0.355 e. The zero-order valence-corrected chi connectivity index (χ0v) is 9.43. The molecular weight excluding hydrogens is 188 g/mol. The van der Waals surface area contributed by atoms with Gasteiger partial charge in [0.05, 0.1) is 6.04 Å². The van der Waals surface area contributed by atoms with E-state index in [2.05, 4.69) is 10.6 Å². The highest BCUT2D eigenvalue weighted by atomic mass is 16.2. The van der Waals surface area contributed by atoms with Gasteiger partial charge >= 0.3 is 0 Å². The van der Waals surface area contributed by atoms with Gasteiger partial charge in [0.2, 0.25) is 5.91 Å². The average Bonchev–Trinajstić information content (AvgIpc) is 2.50. The molecule has 2 N–H and O–H groups in total. The SMILES string of the molecule is O=C1NCCCC1NC1CCCCCC1. The first kappa shape index (κ1) is 10.9. The van der Waals surface area contributed by atoms with E-state index < -0.39 is 0 Å². The molecular formula is C12H22N2O. The molecule has 0 aromatic carbocycles. The van der Waals surface area contributed by atoms with Gasteiger partial charge in [-0.15, -0.1) is 0 Å².